The maximum absolute atomic E-state index is 12.8. The van der Waals surface area contributed by atoms with Gasteiger partial charge in [0.1, 0.15) is 24.2 Å². The molecule has 4 atom stereocenters. The van der Waals surface area contributed by atoms with Crippen LogP contribution < -0.4 is 27.4 Å². The molecule has 30 heavy (non-hydrogen) atoms. The second-order valence-corrected chi connectivity index (χ2v) is 7.93. The summed E-state index contributed by atoms with van der Waals surface area (Å²) in [5.41, 5.74) is 11.0. The lowest BCUT2D eigenvalue weighted by Crippen LogP contribution is -2.59. The number of aliphatic hydroxyl groups excluding tert-OH is 1. The van der Waals surface area contributed by atoms with Gasteiger partial charge in [-0.05, 0) is 37.6 Å². The van der Waals surface area contributed by atoms with E-state index >= 15 is 0 Å². The second kappa shape index (κ2) is 13.9. The van der Waals surface area contributed by atoms with Crippen molar-refractivity contribution in [2.75, 3.05) is 13.2 Å². The molecule has 0 fully saturated rings. The highest BCUT2D eigenvalue weighted by atomic mass is 16.4. The van der Waals surface area contributed by atoms with Crippen molar-refractivity contribution in [1.29, 1.82) is 0 Å². The summed E-state index contributed by atoms with van der Waals surface area (Å²) in [4.78, 5) is 48.8. The number of carbonyl (C=O) groups is 4. The van der Waals surface area contributed by atoms with Gasteiger partial charge in [-0.3, -0.25) is 14.4 Å². The zero-order chi connectivity index (χ0) is 23.4. The number of nitrogens with one attached hydrogen (secondary N) is 3. The van der Waals surface area contributed by atoms with Crippen molar-refractivity contribution in [2.24, 2.45) is 23.3 Å². The Hall–Kier alpha value is -2.24. The minimum absolute atomic E-state index is 0.267. The van der Waals surface area contributed by atoms with Crippen LogP contribution >= 0.6 is 0 Å². The fourth-order valence-corrected chi connectivity index (χ4v) is 2.67. The van der Waals surface area contributed by atoms with Crippen LogP contribution in [0.2, 0.25) is 0 Å². The van der Waals surface area contributed by atoms with Crippen LogP contribution in [0.5, 0.6) is 0 Å². The fourth-order valence-electron chi connectivity index (χ4n) is 2.67. The summed E-state index contributed by atoms with van der Waals surface area (Å²) in [7, 11) is 0. The molecule has 0 aliphatic carbocycles. The molecule has 0 bridgehead atoms. The molecule has 0 aliphatic rings. The normalized spacial score (nSPS) is 15.2. The Kier molecular flexibility index (Phi) is 12.8. The Bertz CT molecular complexity index is 584. The number of nitrogens with two attached hydrogens (primary N) is 2. The van der Waals surface area contributed by atoms with Crippen LogP contribution in [0, 0.1) is 11.8 Å². The lowest BCUT2D eigenvalue weighted by Gasteiger charge is -2.27. The van der Waals surface area contributed by atoms with Crippen LogP contribution in [-0.4, -0.2) is 71.2 Å². The summed E-state index contributed by atoms with van der Waals surface area (Å²) in [6, 6.07) is -4.26. The summed E-state index contributed by atoms with van der Waals surface area (Å²) in [6.07, 6.45) is 1.45. The van der Waals surface area contributed by atoms with E-state index < -0.39 is 54.5 Å². The summed E-state index contributed by atoms with van der Waals surface area (Å²) in [5.74, 6) is -3.78. The Morgan fingerprint density at radius 3 is 1.80 bits per heavy atom. The van der Waals surface area contributed by atoms with Gasteiger partial charge in [0, 0.05) is 0 Å². The summed E-state index contributed by atoms with van der Waals surface area (Å²) >= 11 is 0. The number of hydrogen-bond donors (Lipinski definition) is 7. The van der Waals surface area contributed by atoms with Gasteiger partial charge < -0.3 is 37.6 Å². The third kappa shape index (κ3) is 9.51. The smallest absolute Gasteiger partial charge is 0.326 e. The predicted molar refractivity (Wildman–Crippen MR) is 111 cm³/mol. The number of unbranched alkanes of at least 4 members (excludes halogenated alkanes) is 1. The highest BCUT2D eigenvalue weighted by Crippen LogP contribution is 2.08. The van der Waals surface area contributed by atoms with Crippen molar-refractivity contribution in [2.45, 2.75) is 71.1 Å². The predicted octanol–water partition coefficient (Wildman–Crippen LogP) is -1.71. The first-order valence-electron chi connectivity index (χ1n) is 10.2. The maximum atomic E-state index is 12.8. The average Bonchev–Trinajstić information content (AvgIpc) is 2.67. The molecule has 9 N–H and O–H groups in total. The Labute approximate surface area is 177 Å². The molecule has 0 spiro atoms. The number of carbonyl (C=O) groups excluding carboxylic acids is 3. The first-order chi connectivity index (χ1) is 14.0. The van der Waals surface area contributed by atoms with Crippen molar-refractivity contribution >= 4 is 23.7 Å². The zero-order valence-electron chi connectivity index (χ0n) is 18.2. The molecule has 11 nitrogen and oxygen atoms in total. The van der Waals surface area contributed by atoms with E-state index in [1.807, 2.05) is 0 Å². The van der Waals surface area contributed by atoms with Crippen molar-refractivity contribution in [3.8, 4) is 0 Å². The van der Waals surface area contributed by atoms with E-state index in [0.29, 0.717) is 19.4 Å². The van der Waals surface area contributed by atoms with Crippen LogP contribution in [0.15, 0.2) is 0 Å². The summed E-state index contributed by atoms with van der Waals surface area (Å²) in [6.45, 7) is 6.58. The molecule has 174 valence electrons. The molecular weight excluding hydrogens is 394 g/mol. The molecular formula is C19H37N5O6. The van der Waals surface area contributed by atoms with E-state index in [0.717, 1.165) is 0 Å². The number of amides is 3. The van der Waals surface area contributed by atoms with E-state index in [1.165, 1.54) is 0 Å². The first-order valence-corrected chi connectivity index (χ1v) is 10.2. The van der Waals surface area contributed by atoms with Crippen LogP contribution in [0.25, 0.3) is 0 Å². The molecule has 3 amide bonds. The number of carboxylic acids is 1. The van der Waals surface area contributed by atoms with Crippen LogP contribution in [-0.2, 0) is 19.2 Å². The van der Waals surface area contributed by atoms with Crippen LogP contribution in [0.1, 0.15) is 47.0 Å². The molecule has 0 rings (SSSR count). The Morgan fingerprint density at radius 1 is 0.833 bits per heavy atom. The molecule has 0 aliphatic heterocycles. The van der Waals surface area contributed by atoms with Crippen molar-refractivity contribution in [3.05, 3.63) is 0 Å². The van der Waals surface area contributed by atoms with Crippen molar-refractivity contribution in [3.63, 3.8) is 0 Å². The summed E-state index contributed by atoms with van der Waals surface area (Å²) in [5, 5.41) is 25.8. The van der Waals surface area contributed by atoms with E-state index in [2.05, 4.69) is 16.0 Å². The Morgan fingerprint density at radius 2 is 1.37 bits per heavy atom. The van der Waals surface area contributed by atoms with E-state index in [9.17, 15) is 24.3 Å². The lowest BCUT2D eigenvalue weighted by atomic mass is 9.99. The van der Waals surface area contributed by atoms with Crippen molar-refractivity contribution < 1.29 is 29.4 Å². The number of rotatable bonds is 14. The topological polar surface area (TPSA) is 197 Å². The summed E-state index contributed by atoms with van der Waals surface area (Å²) < 4.78 is 0. The van der Waals surface area contributed by atoms with Gasteiger partial charge >= 0.3 is 5.97 Å². The largest absolute Gasteiger partial charge is 0.480 e. The molecule has 0 heterocycles. The number of carboxylic acid groups (broad SMARTS) is 1. The van der Waals surface area contributed by atoms with Gasteiger partial charge in [0.05, 0.1) is 6.61 Å². The molecule has 0 saturated carbocycles. The number of aliphatic hydroxyl groups is 1. The third-order valence-electron chi connectivity index (χ3n) is 4.59. The highest BCUT2D eigenvalue weighted by molar-refractivity contribution is 5.94. The fraction of sp³-hybridized carbons (Fsp3) is 0.789. The molecule has 0 aromatic heterocycles. The zero-order valence-corrected chi connectivity index (χ0v) is 18.2. The van der Waals surface area contributed by atoms with Gasteiger partial charge in [0.2, 0.25) is 17.7 Å². The van der Waals surface area contributed by atoms with Crippen molar-refractivity contribution in [1.82, 2.24) is 16.0 Å². The van der Waals surface area contributed by atoms with Gasteiger partial charge in [-0.25, -0.2) is 4.79 Å². The van der Waals surface area contributed by atoms with Crippen LogP contribution in [0.3, 0.4) is 0 Å². The van der Waals surface area contributed by atoms with E-state index in [4.69, 9.17) is 16.6 Å². The SMILES string of the molecule is CC(C)C(NC(=O)C(NC(=O)C(CCCCN)NC(=O)C(N)CO)C(C)C)C(=O)O. The van der Waals surface area contributed by atoms with E-state index in [-0.39, 0.29) is 18.3 Å². The average molecular weight is 432 g/mol. The van der Waals surface area contributed by atoms with Gasteiger partial charge in [0.25, 0.3) is 0 Å². The molecule has 0 aromatic rings. The van der Waals surface area contributed by atoms with Gasteiger partial charge in [-0.2, -0.15) is 0 Å². The van der Waals surface area contributed by atoms with Gasteiger partial charge in [-0.15, -0.1) is 0 Å². The molecule has 11 heteroatoms. The lowest BCUT2D eigenvalue weighted by molar-refractivity contribution is -0.144. The van der Waals surface area contributed by atoms with Gasteiger partial charge in [0.15, 0.2) is 0 Å². The third-order valence-corrected chi connectivity index (χ3v) is 4.59. The first kappa shape index (κ1) is 27.8. The number of aliphatic carboxylic acids is 1. The molecule has 0 saturated heterocycles. The number of hydrogen-bond acceptors (Lipinski definition) is 7. The van der Waals surface area contributed by atoms with E-state index in [1.54, 1.807) is 27.7 Å². The minimum atomic E-state index is -1.18. The molecule has 0 aromatic carbocycles. The van der Waals surface area contributed by atoms with Crippen LogP contribution in [0.4, 0.5) is 0 Å². The maximum Gasteiger partial charge on any atom is 0.326 e. The second-order valence-electron chi connectivity index (χ2n) is 7.93. The molecule has 4 unspecified atom stereocenters. The quantitative estimate of drug-likeness (QED) is 0.158. The van der Waals surface area contributed by atoms with Gasteiger partial charge in [-0.1, -0.05) is 27.7 Å². The highest BCUT2D eigenvalue weighted by Gasteiger charge is 2.32. The molecule has 0 radical (unpaired) electrons. The Balaban J connectivity index is 5.35. The minimum Gasteiger partial charge on any atom is -0.480 e. The standard InChI is InChI=1S/C19H37N5O6/c1-10(2)14(18(28)24-15(11(3)4)19(29)30)23-17(27)13(7-5-6-8-20)22-16(26)12(21)9-25/h10-15,25H,5-9,20-21H2,1-4H3,(H,22,26)(H,23,27)(H,24,28)(H,29,30). The monoisotopic (exact) mass is 431 g/mol.